The van der Waals surface area contributed by atoms with E-state index in [2.05, 4.69) is 4.98 Å². The summed E-state index contributed by atoms with van der Waals surface area (Å²) in [7, 11) is 0. The van der Waals surface area contributed by atoms with E-state index in [1.807, 2.05) is 26.0 Å². The number of rotatable bonds is 2. The lowest BCUT2D eigenvalue weighted by molar-refractivity contribution is 0.420. The van der Waals surface area contributed by atoms with E-state index in [1.54, 1.807) is 6.07 Å². The summed E-state index contributed by atoms with van der Waals surface area (Å²) >= 11 is 5.62. The Balaban J connectivity index is 2.35. The van der Waals surface area contributed by atoms with Gasteiger partial charge in [0, 0.05) is 6.20 Å². The minimum atomic E-state index is -0.571. The zero-order chi connectivity index (χ0) is 12.4. The SMILES string of the molecule is Cc1cccc(Oc2ncc(Cl)cc2F)c1C. The third-order valence-electron chi connectivity index (χ3n) is 2.54. The Hall–Kier alpha value is -1.61. The van der Waals surface area contributed by atoms with Crippen LogP contribution in [0.3, 0.4) is 0 Å². The molecule has 88 valence electrons. The van der Waals surface area contributed by atoms with Gasteiger partial charge in [-0.3, -0.25) is 0 Å². The lowest BCUT2D eigenvalue weighted by Crippen LogP contribution is -1.94. The lowest BCUT2D eigenvalue weighted by Gasteiger charge is -2.10. The molecule has 0 spiro atoms. The highest BCUT2D eigenvalue weighted by Gasteiger charge is 2.09. The van der Waals surface area contributed by atoms with Crippen LogP contribution in [-0.2, 0) is 0 Å². The van der Waals surface area contributed by atoms with Crippen LogP contribution < -0.4 is 4.74 Å². The molecule has 0 unspecified atom stereocenters. The second kappa shape index (κ2) is 4.72. The van der Waals surface area contributed by atoms with E-state index >= 15 is 0 Å². The van der Waals surface area contributed by atoms with E-state index in [1.165, 1.54) is 12.3 Å². The Morgan fingerprint density at radius 1 is 1.29 bits per heavy atom. The standard InChI is InChI=1S/C13H11ClFNO/c1-8-4-3-5-12(9(8)2)17-13-11(15)6-10(14)7-16-13/h3-7H,1-2H3. The number of nitrogens with zero attached hydrogens (tertiary/aromatic N) is 1. The Labute approximate surface area is 104 Å². The molecule has 2 rings (SSSR count). The first kappa shape index (κ1) is 11.9. The predicted molar refractivity (Wildman–Crippen MR) is 65.2 cm³/mol. The molecule has 0 radical (unpaired) electrons. The number of ether oxygens (including phenoxy) is 1. The van der Waals surface area contributed by atoms with E-state index in [-0.39, 0.29) is 10.9 Å². The fourth-order valence-corrected chi connectivity index (χ4v) is 1.56. The molecular formula is C13H11ClFNO. The fourth-order valence-electron chi connectivity index (χ4n) is 1.42. The summed E-state index contributed by atoms with van der Waals surface area (Å²) < 4.78 is 18.9. The van der Waals surface area contributed by atoms with Crippen LogP contribution in [0, 0.1) is 19.7 Å². The fraction of sp³-hybridized carbons (Fsp3) is 0.154. The first-order valence-electron chi connectivity index (χ1n) is 5.13. The lowest BCUT2D eigenvalue weighted by atomic mass is 10.1. The van der Waals surface area contributed by atoms with Gasteiger partial charge in [0.15, 0.2) is 5.82 Å². The van der Waals surface area contributed by atoms with E-state index in [4.69, 9.17) is 16.3 Å². The van der Waals surface area contributed by atoms with Crippen molar-refractivity contribution < 1.29 is 9.13 Å². The quantitative estimate of drug-likeness (QED) is 0.795. The molecule has 0 saturated heterocycles. The van der Waals surface area contributed by atoms with Gasteiger partial charge in [-0.1, -0.05) is 23.7 Å². The maximum Gasteiger partial charge on any atom is 0.255 e. The Morgan fingerprint density at radius 2 is 2.06 bits per heavy atom. The molecule has 0 atom stereocenters. The number of benzene rings is 1. The number of pyridine rings is 1. The number of halogens is 2. The van der Waals surface area contributed by atoms with E-state index in [9.17, 15) is 4.39 Å². The molecule has 0 aliphatic carbocycles. The Kier molecular flexibility index (Phi) is 3.29. The van der Waals surface area contributed by atoms with Crippen molar-refractivity contribution in [2.75, 3.05) is 0 Å². The smallest absolute Gasteiger partial charge is 0.255 e. The molecule has 1 aromatic heterocycles. The monoisotopic (exact) mass is 251 g/mol. The van der Waals surface area contributed by atoms with E-state index < -0.39 is 5.82 Å². The molecule has 4 heteroatoms. The molecule has 1 heterocycles. The second-order valence-electron chi connectivity index (χ2n) is 3.74. The third-order valence-corrected chi connectivity index (χ3v) is 2.74. The van der Waals surface area contributed by atoms with Crippen molar-refractivity contribution in [1.29, 1.82) is 0 Å². The van der Waals surface area contributed by atoms with Gasteiger partial charge in [0.25, 0.3) is 5.88 Å². The highest BCUT2D eigenvalue weighted by Crippen LogP contribution is 2.27. The van der Waals surface area contributed by atoms with Gasteiger partial charge < -0.3 is 4.74 Å². The van der Waals surface area contributed by atoms with Gasteiger partial charge in [0.1, 0.15) is 5.75 Å². The van der Waals surface area contributed by atoms with Gasteiger partial charge in [0.2, 0.25) is 0 Å². The summed E-state index contributed by atoms with van der Waals surface area (Å²) in [6.45, 7) is 3.88. The second-order valence-corrected chi connectivity index (χ2v) is 4.18. The minimum Gasteiger partial charge on any atom is -0.436 e. The van der Waals surface area contributed by atoms with Gasteiger partial charge in [-0.25, -0.2) is 9.37 Å². The topological polar surface area (TPSA) is 22.1 Å². The minimum absolute atomic E-state index is 0.0666. The molecule has 2 aromatic rings. The normalized spacial score (nSPS) is 10.4. The highest BCUT2D eigenvalue weighted by atomic mass is 35.5. The summed E-state index contributed by atoms with van der Waals surface area (Å²) in [5.41, 5.74) is 2.04. The first-order valence-corrected chi connectivity index (χ1v) is 5.51. The third kappa shape index (κ3) is 2.56. The van der Waals surface area contributed by atoms with Crippen LogP contribution in [-0.4, -0.2) is 4.98 Å². The molecule has 17 heavy (non-hydrogen) atoms. The number of aryl methyl sites for hydroxylation is 1. The Bertz CT molecular complexity index is 557. The van der Waals surface area contributed by atoms with Crippen molar-refractivity contribution in [3.8, 4) is 11.6 Å². The molecule has 0 fully saturated rings. The molecular weight excluding hydrogens is 241 g/mol. The van der Waals surface area contributed by atoms with Crippen molar-refractivity contribution in [2.45, 2.75) is 13.8 Å². The first-order chi connectivity index (χ1) is 8.08. The maximum atomic E-state index is 13.5. The molecule has 0 saturated carbocycles. The van der Waals surface area contributed by atoms with Gasteiger partial charge in [0.05, 0.1) is 5.02 Å². The van der Waals surface area contributed by atoms with Gasteiger partial charge in [-0.05, 0) is 37.1 Å². The van der Waals surface area contributed by atoms with Gasteiger partial charge in [-0.15, -0.1) is 0 Å². The van der Waals surface area contributed by atoms with Crippen LogP contribution in [0.5, 0.6) is 11.6 Å². The maximum absolute atomic E-state index is 13.5. The molecule has 0 aliphatic rings. The van der Waals surface area contributed by atoms with Crippen molar-refractivity contribution >= 4 is 11.6 Å². The van der Waals surface area contributed by atoms with Crippen molar-refractivity contribution in [2.24, 2.45) is 0 Å². The average Bonchev–Trinajstić information content (AvgIpc) is 2.28. The zero-order valence-corrected chi connectivity index (χ0v) is 10.3. The van der Waals surface area contributed by atoms with Crippen LogP contribution in [0.1, 0.15) is 11.1 Å². The molecule has 2 nitrogen and oxygen atoms in total. The predicted octanol–water partition coefficient (Wildman–Crippen LogP) is 4.28. The Morgan fingerprint density at radius 3 is 2.76 bits per heavy atom. The van der Waals surface area contributed by atoms with Crippen molar-refractivity contribution in [3.05, 3.63) is 52.4 Å². The number of hydrogen-bond donors (Lipinski definition) is 0. The average molecular weight is 252 g/mol. The summed E-state index contributed by atoms with van der Waals surface area (Å²) in [5.74, 6) is -0.0415. The zero-order valence-electron chi connectivity index (χ0n) is 9.50. The molecule has 0 bridgehead atoms. The van der Waals surface area contributed by atoms with Crippen LogP contribution in [0.4, 0.5) is 4.39 Å². The van der Waals surface area contributed by atoms with Crippen LogP contribution in [0.2, 0.25) is 5.02 Å². The highest BCUT2D eigenvalue weighted by molar-refractivity contribution is 6.30. The van der Waals surface area contributed by atoms with Crippen molar-refractivity contribution in [3.63, 3.8) is 0 Å². The molecule has 1 aromatic carbocycles. The van der Waals surface area contributed by atoms with E-state index in [0.717, 1.165) is 11.1 Å². The number of aromatic nitrogens is 1. The molecule has 0 N–H and O–H groups in total. The number of hydrogen-bond acceptors (Lipinski definition) is 2. The van der Waals surface area contributed by atoms with Crippen molar-refractivity contribution in [1.82, 2.24) is 4.98 Å². The summed E-state index contributed by atoms with van der Waals surface area (Å²) in [6, 6.07) is 6.77. The molecule has 0 amide bonds. The van der Waals surface area contributed by atoms with Crippen LogP contribution >= 0.6 is 11.6 Å². The van der Waals surface area contributed by atoms with Gasteiger partial charge >= 0.3 is 0 Å². The summed E-state index contributed by atoms with van der Waals surface area (Å²) in [6.07, 6.45) is 1.35. The molecule has 0 aliphatic heterocycles. The summed E-state index contributed by atoms with van der Waals surface area (Å²) in [4.78, 5) is 3.81. The summed E-state index contributed by atoms with van der Waals surface area (Å²) in [5, 5.41) is 0.246. The van der Waals surface area contributed by atoms with Crippen LogP contribution in [0.25, 0.3) is 0 Å². The van der Waals surface area contributed by atoms with Crippen LogP contribution in [0.15, 0.2) is 30.5 Å². The van der Waals surface area contributed by atoms with E-state index in [0.29, 0.717) is 5.75 Å². The van der Waals surface area contributed by atoms with Gasteiger partial charge in [-0.2, -0.15) is 0 Å². The largest absolute Gasteiger partial charge is 0.436 e.